The Bertz CT molecular complexity index is 763. The van der Waals surface area contributed by atoms with E-state index in [1.807, 2.05) is 6.92 Å². The van der Waals surface area contributed by atoms with Gasteiger partial charge in [-0.25, -0.2) is 9.50 Å². The summed E-state index contributed by atoms with van der Waals surface area (Å²) in [5.74, 6) is -0.242. The molecule has 1 aromatic carbocycles. The molecule has 0 aliphatic heterocycles. The fraction of sp³-hybridized carbons (Fsp3) is 0.167. The lowest BCUT2D eigenvalue weighted by atomic mass is 10.1. The van der Waals surface area contributed by atoms with Gasteiger partial charge in [0.1, 0.15) is 12.1 Å². The lowest BCUT2D eigenvalue weighted by Crippen LogP contribution is -2.17. The summed E-state index contributed by atoms with van der Waals surface area (Å²) in [6.45, 7) is 1.84. The van der Waals surface area contributed by atoms with E-state index in [1.165, 1.54) is 35.9 Å². The van der Waals surface area contributed by atoms with E-state index in [-0.39, 0.29) is 5.75 Å². The average Bonchev–Trinajstić information content (AvgIpc) is 2.91. The van der Waals surface area contributed by atoms with E-state index < -0.39 is 6.36 Å². The molecule has 8 heteroatoms. The van der Waals surface area contributed by atoms with Crippen LogP contribution in [0, 0.1) is 6.92 Å². The Morgan fingerprint density at radius 3 is 2.80 bits per heavy atom. The molecule has 0 radical (unpaired) electrons. The molecule has 3 rings (SSSR count). The van der Waals surface area contributed by atoms with Gasteiger partial charge < -0.3 is 4.74 Å². The van der Waals surface area contributed by atoms with E-state index >= 15 is 0 Å². The monoisotopic (exact) mass is 299 g/mol. The summed E-state index contributed by atoms with van der Waals surface area (Å²) >= 11 is 1.36. The van der Waals surface area contributed by atoms with Crippen molar-refractivity contribution in [3.8, 4) is 16.2 Å². The number of hydrogen-bond donors (Lipinski definition) is 0. The third-order valence-electron chi connectivity index (χ3n) is 2.69. The zero-order chi connectivity index (χ0) is 14.3. The van der Waals surface area contributed by atoms with Crippen LogP contribution in [0.25, 0.3) is 15.4 Å². The average molecular weight is 299 g/mol. The second-order valence-corrected chi connectivity index (χ2v) is 5.02. The fourth-order valence-electron chi connectivity index (χ4n) is 1.89. The molecule has 0 atom stereocenters. The standard InChI is InChI=1S/C12H8F3N3OS/c1-7-10(20-11-16-6-17-18(7)11)8-3-2-4-9(5-8)19-12(13,14)15/h2-6H,1H3. The van der Waals surface area contributed by atoms with Crippen molar-refractivity contribution >= 4 is 16.3 Å². The Kier molecular flexibility index (Phi) is 2.89. The molecule has 0 N–H and O–H groups in total. The van der Waals surface area contributed by atoms with Gasteiger partial charge in [0.2, 0.25) is 4.96 Å². The predicted octanol–water partition coefficient (Wildman–Crippen LogP) is 3.66. The Morgan fingerprint density at radius 1 is 1.30 bits per heavy atom. The second-order valence-electron chi connectivity index (χ2n) is 4.05. The van der Waals surface area contributed by atoms with Crippen molar-refractivity contribution in [3.63, 3.8) is 0 Å². The van der Waals surface area contributed by atoms with Crippen LogP contribution < -0.4 is 4.74 Å². The minimum atomic E-state index is -4.70. The summed E-state index contributed by atoms with van der Waals surface area (Å²) in [4.78, 5) is 5.57. The Morgan fingerprint density at radius 2 is 2.10 bits per heavy atom. The largest absolute Gasteiger partial charge is 0.573 e. The van der Waals surface area contributed by atoms with Crippen LogP contribution in [0.4, 0.5) is 13.2 Å². The number of benzene rings is 1. The molecule has 104 valence electrons. The topological polar surface area (TPSA) is 39.4 Å². The highest BCUT2D eigenvalue weighted by Crippen LogP contribution is 2.34. The first kappa shape index (κ1) is 12.9. The van der Waals surface area contributed by atoms with E-state index in [9.17, 15) is 13.2 Å². The quantitative estimate of drug-likeness (QED) is 0.725. The predicted molar refractivity (Wildman–Crippen MR) is 67.7 cm³/mol. The van der Waals surface area contributed by atoms with E-state index in [2.05, 4.69) is 14.8 Å². The molecule has 0 aliphatic rings. The third-order valence-corrected chi connectivity index (χ3v) is 3.88. The summed E-state index contributed by atoms with van der Waals surface area (Å²) in [5.41, 5.74) is 1.47. The van der Waals surface area contributed by atoms with E-state index in [1.54, 1.807) is 10.6 Å². The second kappa shape index (κ2) is 4.48. The van der Waals surface area contributed by atoms with Crippen molar-refractivity contribution in [2.24, 2.45) is 0 Å². The highest BCUT2D eigenvalue weighted by Gasteiger charge is 2.31. The van der Waals surface area contributed by atoms with Crippen LogP contribution in [0.2, 0.25) is 0 Å². The molecule has 2 aromatic heterocycles. The Balaban J connectivity index is 2.03. The first-order valence-electron chi connectivity index (χ1n) is 5.59. The van der Waals surface area contributed by atoms with Crippen LogP contribution >= 0.6 is 11.3 Å². The molecule has 0 spiro atoms. The summed E-state index contributed by atoms with van der Waals surface area (Å²) in [6.07, 6.45) is -3.26. The number of fused-ring (bicyclic) bond motifs is 1. The number of thiazole rings is 1. The smallest absolute Gasteiger partial charge is 0.406 e. The maximum absolute atomic E-state index is 12.2. The molecule has 3 aromatic rings. The van der Waals surface area contributed by atoms with E-state index in [0.29, 0.717) is 10.5 Å². The zero-order valence-electron chi connectivity index (χ0n) is 10.2. The van der Waals surface area contributed by atoms with Gasteiger partial charge in [0.15, 0.2) is 0 Å². The molecule has 0 amide bonds. The molecule has 0 saturated heterocycles. The number of alkyl halides is 3. The van der Waals surface area contributed by atoms with Gasteiger partial charge in [-0.2, -0.15) is 5.10 Å². The summed E-state index contributed by atoms with van der Waals surface area (Å²) < 4.78 is 42.3. The van der Waals surface area contributed by atoms with Crippen molar-refractivity contribution in [1.82, 2.24) is 14.6 Å². The van der Waals surface area contributed by atoms with Crippen molar-refractivity contribution in [3.05, 3.63) is 36.3 Å². The SMILES string of the molecule is Cc1c(-c2cccc(OC(F)(F)F)c2)sc2ncnn12. The van der Waals surface area contributed by atoms with E-state index in [4.69, 9.17) is 0 Å². The highest BCUT2D eigenvalue weighted by atomic mass is 32.1. The Hall–Kier alpha value is -2.09. The van der Waals surface area contributed by atoms with Crippen molar-refractivity contribution < 1.29 is 17.9 Å². The number of halogens is 3. The summed E-state index contributed by atoms with van der Waals surface area (Å²) in [6, 6.07) is 5.86. The molecule has 20 heavy (non-hydrogen) atoms. The molecular formula is C12H8F3N3OS. The van der Waals surface area contributed by atoms with Gasteiger partial charge in [0.05, 0.1) is 10.6 Å². The maximum Gasteiger partial charge on any atom is 0.573 e. The normalized spacial score (nSPS) is 12.0. The maximum atomic E-state index is 12.2. The van der Waals surface area contributed by atoms with Crippen LogP contribution in [0.1, 0.15) is 5.69 Å². The van der Waals surface area contributed by atoms with Crippen molar-refractivity contribution in [2.45, 2.75) is 13.3 Å². The van der Waals surface area contributed by atoms with Gasteiger partial charge in [0, 0.05) is 0 Å². The van der Waals surface area contributed by atoms with Gasteiger partial charge in [-0.15, -0.1) is 13.2 Å². The van der Waals surface area contributed by atoms with Gasteiger partial charge in [-0.05, 0) is 24.6 Å². The lowest BCUT2D eigenvalue weighted by Gasteiger charge is -2.09. The lowest BCUT2D eigenvalue weighted by molar-refractivity contribution is -0.274. The molecular weight excluding hydrogens is 291 g/mol. The molecule has 2 heterocycles. The van der Waals surface area contributed by atoms with Crippen LogP contribution in [0.15, 0.2) is 30.6 Å². The number of rotatable bonds is 2. The zero-order valence-corrected chi connectivity index (χ0v) is 11.0. The van der Waals surface area contributed by atoms with Gasteiger partial charge in [-0.1, -0.05) is 23.5 Å². The van der Waals surface area contributed by atoms with Gasteiger partial charge >= 0.3 is 6.36 Å². The van der Waals surface area contributed by atoms with E-state index in [0.717, 1.165) is 10.6 Å². The molecule has 0 fully saturated rings. The minimum Gasteiger partial charge on any atom is -0.406 e. The number of nitrogens with zero attached hydrogens (tertiary/aromatic N) is 3. The van der Waals surface area contributed by atoms with Crippen LogP contribution in [-0.4, -0.2) is 21.0 Å². The van der Waals surface area contributed by atoms with Gasteiger partial charge in [0.25, 0.3) is 0 Å². The molecule has 0 bridgehead atoms. The highest BCUT2D eigenvalue weighted by molar-refractivity contribution is 7.20. The first-order valence-corrected chi connectivity index (χ1v) is 6.41. The summed E-state index contributed by atoms with van der Waals surface area (Å²) in [5, 5.41) is 4.05. The fourth-order valence-corrected chi connectivity index (χ4v) is 2.93. The number of ether oxygens (including phenoxy) is 1. The van der Waals surface area contributed by atoms with Crippen LogP contribution in [0.5, 0.6) is 5.75 Å². The first-order chi connectivity index (χ1) is 9.44. The number of aryl methyl sites for hydroxylation is 1. The number of hydrogen-bond acceptors (Lipinski definition) is 4. The molecule has 0 saturated carbocycles. The van der Waals surface area contributed by atoms with Crippen LogP contribution in [0.3, 0.4) is 0 Å². The molecule has 4 nitrogen and oxygen atoms in total. The molecule has 0 unspecified atom stereocenters. The number of aromatic nitrogens is 3. The van der Waals surface area contributed by atoms with Crippen molar-refractivity contribution in [1.29, 1.82) is 0 Å². The third kappa shape index (κ3) is 2.34. The van der Waals surface area contributed by atoms with Crippen LogP contribution in [-0.2, 0) is 0 Å². The Labute approximate surface area is 115 Å². The molecule has 0 aliphatic carbocycles. The van der Waals surface area contributed by atoms with Gasteiger partial charge in [-0.3, -0.25) is 0 Å². The minimum absolute atomic E-state index is 0.242. The van der Waals surface area contributed by atoms with Crippen molar-refractivity contribution in [2.75, 3.05) is 0 Å². The summed E-state index contributed by atoms with van der Waals surface area (Å²) in [7, 11) is 0.